The molecule has 19 heavy (non-hydrogen) atoms. The van der Waals surface area contributed by atoms with Crippen molar-refractivity contribution in [1.82, 2.24) is 0 Å². The van der Waals surface area contributed by atoms with Crippen molar-refractivity contribution in [1.29, 1.82) is 0 Å². The van der Waals surface area contributed by atoms with E-state index in [4.69, 9.17) is 16.3 Å². The van der Waals surface area contributed by atoms with E-state index < -0.39 is 5.97 Å². The van der Waals surface area contributed by atoms with Crippen LogP contribution in [0.25, 0.3) is 0 Å². The van der Waals surface area contributed by atoms with Gasteiger partial charge in [-0.15, -0.1) is 0 Å². The molecule has 0 aliphatic rings. The van der Waals surface area contributed by atoms with Gasteiger partial charge in [0, 0.05) is 4.47 Å². The van der Waals surface area contributed by atoms with Crippen molar-refractivity contribution in [2.45, 2.75) is 6.92 Å². The van der Waals surface area contributed by atoms with Crippen molar-refractivity contribution in [3.8, 4) is 11.5 Å². The number of phenols is 1. The molecule has 5 heteroatoms. The molecule has 0 heterocycles. The number of aromatic hydroxyl groups is 1. The predicted octanol–water partition coefficient (Wildman–Crippen LogP) is 4.34. The summed E-state index contributed by atoms with van der Waals surface area (Å²) in [5.41, 5.74) is 0.534. The SMILES string of the molecule is Cc1c(Cl)c(Br)cc(O)c1C(=O)Oc1ccccc1. The van der Waals surface area contributed by atoms with Gasteiger partial charge in [0.25, 0.3) is 0 Å². The zero-order valence-electron chi connectivity index (χ0n) is 9.98. The maximum atomic E-state index is 12.1. The molecule has 3 nitrogen and oxygen atoms in total. The van der Waals surface area contributed by atoms with E-state index in [-0.39, 0.29) is 11.3 Å². The average Bonchev–Trinajstić information content (AvgIpc) is 2.37. The van der Waals surface area contributed by atoms with Crippen molar-refractivity contribution in [2.75, 3.05) is 0 Å². The van der Waals surface area contributed by atoms with Crippen molar-refractivity contribution >= 4 is 33.5 Å². The van der Waals surface area contributed by atoms with Crippen LogP contribution in [0.3, 0.4) is 0 Å². The second-order valence-electron chi connectivity index (χ2n) is 3.89. The van der Waals surface area contributed by atoms with Gasteiger partial charge in [0.1, 0.15) is 17.1 Å². The van der Waals surface area contributed by atoms with Crippen LogP contribution in [-0.2, 0) is 0 Å². The summed E-state index contributed by atoms with van der Waals surface area (Å²) >= 11 is 9.24. The molecule has 0 aliphatic heterocycles. The highest BCUT2D eigenvalue weighted by Crippen LogP contribution is 2.35. The molecule has 0 radical (unpaired) electrons. The molecule has 2 aromatic rings. The third-order valence-corrected chi connectivity index (χ3v) is 3.93. The molecule has 0 amide bonds. The molecule has 0 bridgehead atoms. The van der Waals surface area contributed by atoms with Crippen LogP contribution < -0.4 is 4.74 Å². The maximum Gasteiger partial charge on any atom is 0.347 e. The first-order valence-electron chi connectivity index (χ1n) is 5.45. The van der Waals surface area contributed by atoms with E-state index in [9.17, 15) is 9.90 Å². The van der Waals surface area contributed by atoms with E-state index in [1.54, 1.807) is 31.2 Å². The van der Waals surface area contributed by atoms with Crippen molar-refractivity contribution in [3.05, 3.63) is 57.0 Å². The highest BCUT2D eigenvalue weighted by atomic mass is 79.9. The van der Waals surface area contributed by atoms with Crippen LogP contribution >= 0.6 is 27.5 Å². The fourth-order valence-corrected chi connectivity index (χ4v) is 2.30. The Bertz CT molecular complexity index is 626. The zero-order valence-corrected chi connectivity index (χ0v) is 12.3. The number of benzene rings is 2. The van der Waals surface area contributed by atoms with Gasteiger partial charge in [-0.2, -0.15) is 0 Å². The summed E-state index contributed by atoms with van der Waals surface area (Å²) in [6, 6.07) is 10.0. The number of halogens is 2. The topological polar surface area (TPSA) is 46.5 Å². The molecule has 0 saturated carbocycles. The largest absolute Gasteiger partial charge is 0.507 e. The Hall–Kier alpha value is -1.52. The van der Waals surface area contributed by atoms with Crippen LogP contribution in [0.15, 0.2) is 40.9 Å². The van der Waals surface area contributed by atoms with Crippen LogP contribution in [0, 0.1) is 6.92 Å². The molecule has 0 spiro atoms. The van der Waals surface area contributed by atoms with E-state index in [0.717, 1.165) is 0 Å². The molecule has 1 N–H and O–H groups in total. The number of hydrogen-bond acceptors (Lipinski definition) is 3. The molecule has 0 fully saturated rings. The fourth-order valence-electron chi connectivity index (χ4n) is 1.64. The second-order valence-corrected chi connectivity index (χ2v) is 5.13. The number of phenolic OH excluding ortho intramolecular Hbond substituents is 1. The smallest absolute Gasteiger partial charge is 0.347 e. The molecular weight excluding hydrogens is 332 g/mol. The lowest BCUT2D eigenvalue weighted by Crippen LogP contribution is -2.11. The Morgan fingerprint density at radius 1 is 1.32 bits per heavy atom. The lowest BCUT2D eigenvalue weighted by Gasteiger charge is -2.11. The molecule has 0 aliphatic carbocycles. The van der Waals surface area contributed by atoms with E-state index in [2.05, 4.69) is 15.9 Å². The molecule has 0 saturated heterocycles. The summed E-state index contributed by atoms with van der Waals surface area (Å²) in [5.74, 6) is -0.407. The number of ether oxygens (including phenoxy) is 1. The van der Waals surface area contributed by atoms with Gasteiger partial charge in [0.05, 0.1) is 5.02 Å². The van der Waals surface area contributed by atoms with Crippen LogP contribution in [0.4, 0.5) is 0 Å². The van der Waals surface area contributed by atoms with Crippen LogP contribution in [0.1, 0.15) is 15.9 Å². The minimum atomic E-state index is -0.643. The predicted molar refractivity (Wildman–Crippen MR) is 77.0 cm³/mol. The summed E-state index contributed by atoms with van der Waals surface area (Å²) in [6.45, 7) is 1.65. The summed E-state index contributed by atoms with van der Waals surface area (Å²) in [4.78, 5) is 12.1. The van der Waals surface area contributed by atoms with Gasteiger partial charge in [0.15, 0.2) is 0 Å². The van der Waals surface area contributed by atoms with Gasteiger partial charge in [-0.3, -0.25) is 0 Å². The van der Waals surface area contributed by atoms with Crippen LogP contribution in [-0.4, -0.2) is 11.1 Å². The molecule has 2 rings (SSSR count). The van der Waals surface area contributed by atoms with Crippen molar-refractivity contribution in [3.63, 3.8) is 0 Å². The molecule has 0 unspecified atom stereocenters. The minimum absolute atomic E-state index is 0.0667. The summed E-state index contributed by atoms with van der Waals surface area (Å²) in [6.07, 6.45) is 0. The number of carbonyl (C=O) groups is 1. The fraction of sp³-hybridized carbons (Fsp3) is 0.0714. The Labute approximate surface area is 123 Å². The van der Waals surface area contributed by atoms with Gasteiger partial charge >= 0.3 is 5.97 Å². The normalized spacial score (nSPS) is 10.3. The third kappa shape index (κ3) is 2.91. The summed E-state index contributed by atoms with van der Waals surface area (Å²) in [5, 5.41) is 10.2. The van der Waals surface area contributed by atoms with Gasteiger partial charge in [-0.25, -0.2) is 4.79 Å². The van der Waals surface area contributed by atoms with Gasteiger partial charge in [-0.1, -0.05) is 29.8 Å². The molecule has 0 aromatic heterocycles. The number of para-hydroxylation sites is 1. The van der Waals surface area contributed by atoms with E-state index in [1.165, 1.54) is 6.07 Å². The Kier molecular flexibility index (Phi) is 4.12. The molecule has 0 atom stereocenters. The monoisotopic (exact) mass is 340 g/mol. The summed E-state index contributed by atoms with van der Waals surface area (Å²) in [7, 11) is 0. The van der Waals surface area contributed by atoms with E-state index in [0.29, 0.717) is 20.8 Å². The average molecular weight is 342 g/mol. The molecular formula is C14H10BrClO3. The van der Waals surface area contributed by atoms with E-state index in [1.807, 2.05) is 6.07 Å². The van der Waals surface area contributed by atoms with E-state index >= 15 is 0 Å². The van der Waals surface area contributed by atoms with Gasteiger partial charge in [0.2, 0.25) is 0 Å². The number of esters is 1. The number of carbonyl (C=O) groups excluding carboxylic acids is 1. The zero-order chi connectivity index (χ0) is 14.0. The Balaban J connectivity index is 2.37. The highest BCUT2D eigenvalue weighted by Gasteiger charge is 2.20. The highest BCUT2D eigenvalue weighted by molar-refractivity contribution is 9.10. The van der Waals surface area contributed by atoms with Crippen LogP contribution in [0.5, 0.6) is 11.5 Å². The lowest BCUT2D eigenvalue weighted by molar-refractivity contribution is 0.0731. The Morgan fingerprint density at radius 2 is 1.95 bits per heavy atom. The van der Waals surface area contributed by atoms with Crippen molar-refractivity contribution in [2.24, 2.45) is 0 Å². The van der Waals surface area contributed by atoms with Crippen molar-refractivity contribution < 1.29 is 14.6 Å². The molecule has 98 valence electrons. The maximum absolute atomic E-state index is 12.1. The number of rotatable bonds is 2. The first kappa shape index (κ1) is 13.9. The number of hydrogen-bond donors (Lipinski definition) is 1. The van der Waals surface area contributed by atoms with Gasteiger partial charge < -0.3 is 9.84 Å². The molecule has 2 aromatic carbocycles. The standard InChI is InChI=1S/C14H10BrClO3/c1-8-12(11(17)7-10(15)13(8)16)14(18)19-9-5-3-2-4-6-9/h2-7,17H,1H3. The first-order chi connectivity index (χ1) is 9.00. The minimum Gasteiger partial charge on any atom is -0.507 e. The second kappa shape index (κ2) is 5.63. The Morgan fingerprint density at radius 3 is 2.58 bits per heavy atom. The quantitative estimate of drug-likeness (QED) is 0.653. The lowest BCUT2D eigenvalue weighted by atomic mass is 10.1. The third-order valence-electron chi connectivity index (χ3n) is 2.59. The van der Waals surface area contributed by atoms with Crippen LogP contribution in [0.2, 0.25) is 5.02 Å². The first-order valence-corrected chi connectivity index (χ1v) is 6.62. The summed E-state index contributed by atoms with van der Waals surface area (Å²) < 4.78 is 5.71. The van der Waals surface area contributed by atoms with Gasteiger partial charge in [-0.05, 0) is 46.6 Å².